The molecule has 0 spiro atoms. The van der Waals surface area contributed by atoms with Crippen LogP contribution in [0.15, 0.2) is 30.3 Å². The number of carbonyl (C=O) groups is 3. The predicted molar refractivity (Wildman–Crippen MR) is 96.9 cm³/mol. The van der Waals surface area contributed by atoms with E-state index in [1.54, 1.807) is 20.8 Å². The summed E-state index contributed by atoms with van der Waals surface area (Å²) in [5, 5.41) is 2.53. The molecule has 0 saturated carbocycles. The summed E-state index contributed by atoms with van der Waals surface area (Å²) in [7, 11) is 1.25. The maximum absolute atomic E-state index is 12.0. The van der Waals surface area contributed by atoms with Crippen molar-refractivity contribution in [2.45, 2.75) is 39.0 Å². The highest BCUT2D eigenvalue weighted by molar-refractivity contribution is 5.82. The van der Waals surface area contributed by atoms with E-state index in [1.807, 2.05) is 30.3 Å². The molecule has 2 rings (SSSR count). The Kier molecular flexibility index (Phi) is 6.65. The standard InChI is InChI=1S/C19H26N2O6/c1-19(2,3)27-18(24)21-10-14(11-21)15(16(22)25-4)20-17(23)26-12-13-8-6-5-7-9-13/h5-9,14-15H,10-12H2,1-4H3,(H,20,23). The van der Waals surface area contributed by atoms with Gasteiger partial charge in [0.15, 0.2) is 0 Å². The molecule has 1 aliphatic rings. The summed E-state index contributed by atoms with van der Waals surface area (Å²) in [5.41, 5.74) is 0.241. The van der Waals surface area contributed by atoms with Gasteiger partial charge in [-0.2, -0.15) is 0 Å². The third-order valence-corrected chi connectivity index (χ3v) is 3.97. The fraction of sp³-hybridized carbons (Fsp3) is 0.526. The Morgan fingerprint density at radius 2 is 1.81 bits per heavy atom. The lowest BCUT2D eigenvalue weighted by Gasteiger charge is -2.42. The lowest BCUT2D eigenvalue weighted by Crippen LogP contribution is -2.61. The number of likely N-dealkylation sites (tertiary alicyclic amines) is 1. The van der Waals surface area contributed by atoms with Crippen LogP contribution in [0.4, 0.5) is 9.59 Å². The number of nitrogens with zero attached hydrogens (tertiary/aromatic N) is 1. The zero-order valence-electron chi connectivity index (χ0n) is 16.1. The first-order valence-corrected chi connectivity index (χ1v) is 8.72. The van der Waals surface area contributed by atoms with Crippen molar-refractivity contribution in [2.75, 3.05) is 20.2 Å². The maximum Gasteiger partial charge on any atom is 0.410 e. The van der Waals surface area contributed by atoms with Crippen molar-refractivity contribution < 1.29 is 28.6 Å². The summed E-state index contributed by atoms with van der Waals surface area (Å²) in [6, 6.07) is 8.31. The van der Waals surface area contributed by atoms with Crippen molar-refractivity contribution in [3.8, 4) is 0 Å². The molecule has 1 saturated heterocycles. The molecule has 1 aromatic carbocycles. The highest BCUT2D eigenvalue weighted by Gasteiger charge is 2.42. The smallest absolute Gasteiger partial charge is 0.410 e. The Labute approximate surface area is 158 Å². The molecule has 8 heteroatoms. The quantitative estimate of drug-likeness (QED) is 0.624. The van der Waals surface area contributed by atoms with Gasteiger partial charge in [0.25, 0.3) is 0 Å². The second-order valence-corrected chi connectivity index (χ2v) is 7.35. The van der Waals surface area contributed by atoms with E-state index in [0.29, 0.717) is 0 Å². The van der Waals surface area contributed by atoms with Crippen LogP contribution in [-0.4, -0.2) is 54.9 Å². The monoisotopic (exact) mass is 378 g/mol. The molecule has 148 valence electrons. The molecule has 1 aliphatic heterocycles. The van der Waals surface area contributed by atoms with Crippen LogP contribution in [0.25, 0.3) is 0 Å². The molecule has 1 unspecified atom stereocenters. The molecule has 27 heavy (non-hydrogen) atoms. The number of nitrogens with one attached hydrogen (secondary N) is 1. The van der Waals surface area contributed by atoms with Gasteiger partial charge >= 0.3 is 18.2 Å². The molecule has 0 aromatic heterocycles. The Hall–Kier alpha value is -2.77. The number of hydrogen-bond donors (Lipinski definition) is 1. The molecule has 1 atom stereocenters. The molecule has 1 fully saturated rings. The van der Waals surface area contributed by atoms with E-state index in [-0.39, 0.29) is 25.6 Å². The molecule has 1 heterocycles. The number of benzene rings is 1. The SMILES string of the molecule is COC(=O)C(NC(=O)OCc1ccccc1)C1CN(C(=O)OC(C)(C)C)C1. The summed E-state index contributed by atoms with van der Waals surface area (Å²) < 4.78 is 15.2. The summed E-state index contributed by atoms with van der Waals surface area (Å²) in [5.74, 6) is -0.852. The molecule has 2 amide bonds. The fourth-order valence-corrected chi connectivity index (χ4v) is 2.59. The third-order valence-electron chi connectivity index (χ3n) is 3.97. The average molecular weight is 378 g/mol. The van der Waals surface area contributed by atoms with Gasteiger partial charge in [-0.3, -0.25) is 0 Å². The van der Waals surface area contributed by atoms with Gasteiger partial charge in [-0.05, 0) is 26.3 Å². The van der Waals surface area contributed by atoms with Gasteiger partial charge in [0.1, 0.15) is 18.2 Å². The molecule has 0 aliphatic carbocycles. The average Bonchev–Trinajstić information content (AvgIpc) is 2.56. The second kappa shape index (κ2) is 8.75. The van der Waals surface area contributed by atoms with E-state index < -0.39 is 29.8 Å². The van der Waals surface area contributed by atoms with Gasteiger partial charge in [0, 0.05) is 19.0 Å². The minimum absolute atomic E-state index is 0.0925. The van der Waals surface area contributed by atoms with Crippen molar-refractivity contribution in [2.24, 2.45) is 5.92 Å². The number of alkyl carbamates (subject to hydrolysis) is 1. The fourth-order valence-electron chi connectivity index (χ4n) is 2.59. The van der Waals surface area contributed by atoms with Crippen molar-refractivity contribution >= 4 is 18.2 Å². The molecule has 0 radical (unpaired) electrons. The van der Waals surface area contributed by atoms with E-state index in [4.69, 9.17) is 14.2 Å². The topological polar surface area (TPSA) is 94.2 Å². The third kappa shape index (κ3) is 6.16. The number of carbonyl (C=O) groups excluding carboxylic acids is 3. The van der Waals surface area contributed by atoms with Gasteiger partial charge < -0.3 is 24.4 Å². The van der Waals surface area contributed by atoms with Crippen LogP contribution in [0, 0.1) is 5.92 Å². The van der Waals surface area contributed by atoms with E-state index in [0.717, 1.165) is 5.56 Å². The van der Waals surface area contributed by atoms with Crippen molar-refractivity contribution in [3.05, 3.63) is 35.9 Å². The van der Waals surface area contributed by atoms with Crippen LogP contribution in [0.2, 0.25) is 0 Å². The minimum atomic E-state index is -0.892. The van der Waals surface area contributed by atoms with E-state index in [2.05, 4.69) is 5.32 Å². The van der Waals surface area contributed by atoms with Gasteiger partial charge in [-0.25, -0.2) is 14.4 Å². The first kappa shape index (κ1) is 20.5. The van der Waals surface area contributed by atoms with Crippen LogP contribution in [0.5, 0.6) is 0 Å². The largest absolute Gasteiger partial charge is 0.467 e. The number of esters is 1. The van der Waals surface area contributed by atoms with Crippen molar-refractivity contribution in [3.63, 3.8) is 0 Å². The predicted octanol–water partition coefficient (Wildman–Crippen LogP) is 2.32. The highest BCUT2D eigenvalue weighted by Crippen LogP contribution is 2.23. The number of amides is 2. The molecular formula is C19H26N2O6. The molecular weight excluding hydrogens is 352 g/mol. The number of rotatable bonds is 5. The number of methoxy groups -OCH3 is 1. The Balaban J connectivity index is 1.86. The zero-order valence-corrected chi connectivity index (χ0v) is 16.1. The van der Waals surface area contributed by atoms with Gasteiger partial charge in [0.05, 0.1) is 7.11 Å². The van der Waals surface area contributed by atoms with Crippen LogP contribution in [0.3, 0.4) is 0 Å². The van der Waals surface area contributed by atoms with E-state index >= 15 is 0 Å². The van der Waals surface area contributed by atoms with Gasteiger partial charge in [0.2, 0.25) is 0 Å². The van der Waals surface area contributed by atoms with Crippen LogP contribution in [0.1, 0.15) is 26.3 Å². The summed E-state index contributed by atoms with van der Waals surface area (Å²) in [4.78, 5) is 37.6. The normalized spacial score (nSPS) is 15.3. The second-order valence-electron chi connectivity index (χ2n) is 7.35. The van der Waals surface area contributed by atoms with Crippen LogP contribution >= 0.6 is 0 Å². The van der Waals surface area contributed by atoms with Crippen LogP contribution < -0.4 is 5.32 Å². The summed E-state index contributed by atoms with van der Waals surface area (Å²) in [6.45, 7) is 6.01. The van der Waals surface area contributed by atoms with E-state index in [9.17, 15) is 14.4 Å². The molecule has 1 N–H and O–H groups in total. The molecule has 0 bridgehead atoms. The Morgan fingerprint density at radius 3 is 2.37 bits per heavy atom. The van der Waals surface area contributed by atoms with Gasteiger partial charge in [-0.1, -0.05) is 30.3 Å². The molecule has 1 aromatic rings. The number of ether oxygens (including phenoxy) is 3. The first-order valence-electron chi connectivity index (χ1n) is 8.72. The van der Waals surface area contributed by atoms with E-state index in [1.165, 1.54) is 12.0 Å². The summed E-state index contributed by atoms with van der Waals surface area (Å²) in [6.07, 6.45) is -1.17. The van der Waals surface area contributed by atoms with Gasteiger partial charge in [-0.15, -0.1) is 0 Å². The van der Waals surface area contributed by atoms with Crippen LogP contribution in [-0.2, 0) is 25.6 Å². The lowest BCUT2D eigenvalue weighted by molar-refractivity contribution is -0.146. The number of hydrogen-bond acceptors (Lipinski definition) is 6. The summed E-state index contributed by atoms with van der Waals surface area (Å²) >= 11 is 0. The first-order chi connectivity index (χ1) is 12.7. The maximum atomic E-state index is 12.0. The minimum Gasteiger partial charge on any atom is -0.467 e. The van der Waals surface area contributed by atoms with Crippen molar-refractivity contribution in [1.82, 2.24) is 10.2 Å². The Morgan fingerprint density at radius 1 is 1.19 bits per heavy atom. The Bertz CT molecular complexity index is 665. The highest BCUT2D eigenvalue weighted by atomic mass is 16.6. The van der Waals surface area contributed by atoms with Crippen molar-refractivity contribution in [1.29, 1.82) is 0 Å². The lowest BCUT2D eigenvalue weighted by atomic mass is 9.92. The zero-order chi connectivity index (χ0) is 20.0. The molecule has 8 nitrogen and oxygen atoms in total.